The van der Waals surface area contributed by atoms with Gasteiger partial charge in [-0.1, -0.05) is 72.0 Å². The molecule has 1 aromatic heterocycles. The first-order valence-electron chi connectivity index (χ1n) is 12.8. The lowest BCUT2D eigenvalue weighted by atomic mass is 9.86. The molecule has 1 aliphatic heterocycles. The highest BCUT2D eigenvalue weighted by molar-refractivity contribution is 5.56. The molecule has 2 heterocycles. The fraction of sp³-hybridized carbons (Fsp3) is 0.690. The van der Waals surface area contributed by atoms with Gasteiger partial charge in [0, 0.05) is 17.8 Å². The highest BCUT2D eigenvalue weighted by atomic mass is 19.1. The molecule has 0 aromatic carbocycles. The minimum absolute atomic E-state index is 0.0294. The van der Waals surface area contributed by atoms with E-state index in [1.807, 2.05) is 13.0 Å². The predicted molar refractivity (Wildman–Crippen MR) is 146 cm³/mol. The van der Waals surface area contributed by atoms with Crippen molar-refractivity contribution in [2.75, 3.05) is 6.61 Å². The number of hydrogen-bond donors (Lipinski definition) is 3. The normalized spacial score (nSPS) is 18.4. The Morgan fingerprint density at radius 3 is 2.15 bits per heavy atom. The Morgan fingerprint density at radius 1 is 1.21 bits per heavy atom. The highest BCUT2D eigenvalue weighted by Crippen LogP contribution is 2.30. The van der Waals surface area contributed by atoms with E-state index in [2.05, 4.69) is 65.0 Å². The second-order valence-electron chi connectivity index (χ2n) is 10.1. The van der Waals surface area contributed by atoms with Crippen LogP contribution in [0.3, 0.4) is 0 Å². The van der Waals surface area contributed by atoms with Crippen molar-refractivity contribution in [2.45, 2.75) is 119 Å². The lowest BCUT2D eigenvalue weighted by Gasteiger charge is -2.22. The van der Waals surface area contributed by atoms with Crippen LogP contribution in [0.1, 0.15) is 117 Å². The Hall–Kier alpha value is -1.56. The van der Waals surface area contributed by atoms with Gasteiger partial charge in [-0.25, -0.2) is 4.39 Å². The molecule has 0 amide bonds. The van der Waals surface area contributed by atoms with Crippen LogP contribution >= 0.6 is 0 Å². The molecule has 2 unspecified atom stereocenters. The molecule has 34 heavy (non-hydrogen) atoms. The quantitative estimate of drug-likeness (QED) is 0.389. The van der Waals surface area contributed by atoms with Crippen LogP contribution < -0.4 is 5.32 Å². The van der Waals surface area contributed by atoms with Gasteiger partial charge in [0.2, 0.25) is 0 Å². The third-order valence-corrected chi connectivity index (χ3v) is 5.57. The lowest BCUT2D eigenvalue weighted by molar-refractivity contribution is 0.216. The number of unbranched alkanes of at least 4 members (excludes halogenated alkanes) is 1. The summed E-state index contributed by atoms with van der Waals surface area (Å²) in [6.45, 7) is 24.3. The number of nitrogens with zero attached hydrogens (tertiary/aromatic N) is 1. The Kier molecular flexibility index (Phi) is 19.1. The van der Waals surface area contributed by atoms with E-state index in [9.17, 15) is 9.50 Å². The van der Waals surface area contributed by atoms with Crippen molar-refractivity contribution in [1.82, 2.24) is 10.3 Å². The van der Waals surface area contributed by atoms with Crippen LogP contribution in [-0.2, 0) is 0 Å². The highest BCUT2D eigenvalue weighted by Gasteiger charge is 2.24. The zero-order chi connectivity index (χ0) is 26.9. The van der Waals surface area contributed by atoms with E-state index in [1.54, 1.807) is 19.9 Å². The van der Waals surface area contributed by atoms with Crippen molar-refractivity contribution < 1.29 is 14.6 Å². The van der Waals surface area contributed by atoms with Crippen molar-refractivity contribution >= 4 is 6.08 Å². The summed E-state index contributed by atoms with van der Waals surface area (Å²) < 4.78 is 14.7. The molecule has 1 fully saturated rings. The van der Waals surface area contributed by atoms with Gasteiger partial charge < -0.3 is 15.5 Å². The molecule has 0 saturated carbocycles. The van der Waals surface area contributed by atoms with Gasteiger partial charge in [0.25, 0.3) is 0 Å². The van der Waals surface area contributed by atoms with Crippen LogP contribution in [-0.4, -0.2) is 33.9 Å². The summed E-state index contributed by atoms with van der Waals surface area (Å²) in [5.74, 6) is -0.260. The van der Waals surface area contributed by atoms with E-state index in [1.165, 1.54) is 18.4 Å². The Bertz CT molecular complexity index is 691. The molecule has 2 rings (SSSR count). The van der Waals surface area contributed by atoms with E-state index >= 15 is 0 Å². The number of aromatic nitrogens is 1. The largest absolute Gasteiger partial charge is 0.395 e. The first-order valence-corrected chi connectivity index (χ1v) is 12.8. The predicted octanol–water partition coefficient (Wildman–Crippen LogP) is 7.54. The Labute approximate surface area is 209 Å². The number of halogens is 1. The SMILES string of the molecule is C/C(=C\c1cc(F)c(C2CCCCC(CO)N2)nc1C)C(C)(C)C.C=C.CC(C)O.CCCC. The molecule has 0 aliphatic carbocycles. The molecule has 198 valence electrons. The van der Waals surface area contributed by atoms with Crippen LogP contribution in [0.2, 0.25) is 0 Å². The molecule has 5 heteroatoms. The monoisotopic (exact) mass is 480 g/mol. The van der Waals surface area contributed by atoms with Crippen LogP contribution in [0.4, 0.5) is 4.39 Å². The number of nitrogens with one attached hydrogen (secondary N) is 1. The van der Waals surface area contributed by atoms with Crippen LogP contribution in [0.25, 0.3) is 6.08 Å². The summed E-state index contributed by atoms with van der Waals surface area (Å²) in [5.41, 5.74) is 3.43. The van der Waals surface area contributed by atoms with E-state index in [0.717, 1.165) is 36.9 Å². The molecule has 1 saturated heterocycles. The van der Waals surface area contributed by atoms with Gasteiger partial charge in [0.1, 0.15) is 5.82 Å². The van der Waals surface area contributed by atoms with Crippen LogP contribution in [0.5, 0.6) is 0 Å². The maximum atomic E-state index is 14.7. The minimum Gasteiger partial charge on any atom is -0.395 e. The Balaban J connectivity index is 0. The van der Waals surface area contributed by atoms with Gasteiger partial charge in [-0.05, 0) is 57.6 Å². The van der Waals surface area contributed by atoms with Crippen molar-refractivity contribution in [3.8, 4) is 0 Å². The van der Waals surface area contributed by atoms with Gasteiger partial charge in [-0.15, -0.1) is 13.2 Å². The summed E-state index contributed by atoms with van der Waals surface area (Å²) >= 11 is 0. The van der Waals surface area contributed by atoms with E-state index < -0.39 is 0 Å². The van der Waals surface area contributed by atoms with Gasteiger partial charge >= 0.3 is 0 Å². The molecular formula is C29H53FN2O2. The number of pyridine rings is 1. The van der Waals surface area contributed by atoms with Crippen LogP contribution in [0, 0.1) is 18.2 Å². The lowest BCUT2D eigenvalue weighted by Crippen LogP contribution is -2.35. The number of aliphatic hydroxyl groups is 2. The zero-order valence-electron chi connectivity index (χ0n) is 23.5. The smallest absolute Gasteiger partial charge is 0.146 e. The molecular weight excluding hydrogens is 427 g/mol. The fourth-order valence-electron chi connectivity index (χ4n) is 3.00. The number of allylic oxidation sites excluding steroid dienone is 1. The third kappa shape index (κ3) is 14.6. The topological polar surface area (TPSA) is 65.4 Å². The number of rotatable bonds is 4. The van der Waals surface area contributed by atoms with Gasteiger partial charge in [-0.2, -0.15) is 0 Å². The summed E-state index contributed by atoms with van der Waals surface area (Å²) in [6, 6.07) is 1.51. The first-order chi connectivity index (χ1) is 15.9. The maximum absolute atomic E-state index is 14.7. The Morgan fingerprint density at radius 2 is 1.71 bits per heavy atom. The molecule has 0 spiro atoms. The van der Waals surface area contributed by atoms with Crippen LogP contribution in [0.15, 0.2) is 24.8 Å². The molecule has 2 atom stereocenters. The minimum atomic E-state index is -0.260. The second kappa shape index (κ2) is 18.7. The van der Waals surface area contributed by atoms with E-state index in [-0.39, 0.29) is 36.0 Å². The molecule has 4 nitrogen and oxygen atoms in total. The third-order valence-electron chi connectivity index (χ3n) is 5.57. The standard InChI is InChI=1S/C20H31FN2O.C4H10.C3H8O.C2H4/c1-13(20(3,4)5)10-15-11-17(21)19(22-14(15)2)18-9-7-6-8-16(12-24)23-18;1-3-4-2;1-3(2)4;1-2/h10-11,16,18,23-24H,6-9,12H2,1-5H3;3-4H2,1-2H3;3-4H,1-2H3;1-2H2/b13-10+;;;. The average molecular weight is 481 g/mol. The van der Waals surface area contributed by atoms with E-state index in [4.69, 9.17) is 5.11 Å². The zero-order valence-corrected chi connectivity index (χ0v) is 23.5. The summed E-state index contributed by atoms with van der Waals surface area (Å²) in [5, 5.41) is 20.9. The number of aryl methyl sites for hydroxylation is 1. The van der Waals surface area contributed by atoms with Gasteiger partial charge in [-0.3, -0.25) is 4.98 Å². The second-order valence-corrected chi connectivity index (χ2v) is 10.1. The molecule has 3 N–H and O–H groups in total. The van der Waals surface area contributed by atoms with Crippen molar-refractivity contribution in [2.24, 2.45) is 5.41 Å². The van der Waals surface area contributed by atoms with Crippen molar-refractivity contribution in [3.63, 3.8) is 0 Å². The van der Waals surface area contributed by atoms with Crippen molar-refractivity contribution in [3.05, 3.63) is 47.6 Å². The molecule has 1 aromatic rings. The first kappa shape index (κ1) is 34.6. The number of hydrogen-bond acceptors (Lipinski definition) is 4. The molecule has 0 bridgehead atoms. The maximum Gasteiger partial charge on any atom is 0.146 e. The fourth-order valence-corrected chi connectivity index (χ4v) is 3.00. The van der Waals surface area contributed by atoms with E-state index in [0.29, 0.717) is 5.69 Å². The molecule has 1 aliphatic rings. The summed E-state index contributed by atoms with van der Waals surface area (Å²) in [4.78, 5) is 4.58. The summed E-state index contributed by atoms with van der Waals surface area (Å²) in [7, 11) is 0. The average Bonchev–Trinajstić information content (AvgIpc) is 3.02. The van der Waals surface area contributed by atoms with Crippen molar-refractivity contribution in [1.29, 1.82) is 0 Å². The summed E-state index contributed by atoms with van der Waals surface area (Å²) in [6.07, 6.45) is 8.38. The number of aliphatic hydroxyl groups excluding tert-OH is 2. The van der Waals surface area contributed by atoms with Gasteiger partial charge in [0.15, 0.2) is 0 Å². The van der Waals surface area contributed by atoms with Gasteiger partial charge in [0.05, 0.1) is 18.3 Å². The molecule has 0 radical (unpaired) electrons.